The van der Waals surface area contributed by atoms with Crippen LogP contribution in [0.4, 0.5) is 5.69 Å². The molecule has 0 aliphatic carbocycles. The van der Waals surface area contributed by atoms with Crippen LogP contribution in [0.25, 0.3) is 0 Å². The van der Waals surface area contributed by atoms with E-state index in [0.717, 1.165) is 0 Å². The summed E-state index contributed by atoms with van der Waals surface area (Å²) in [5, 5.41) is 11.1. The first kappa shape index (κ1) is 13.4. The summed E-state index contributed by atoms with van der Waals surface area (Å²) in [6.45, 7) is 0.350. The Hall–Kier alpha value is -0.650. The minimum atomic E-state index is -0.557. The highest BCUT2D eigenvalue weighted by Crippen LogP contribution is 2.35. The largest absolute Gasteiger partial charge is 0.487 e. The van der Waals surface area contributed by atoms with E-state index in [4.69, 9.17) is 27.9 Å². The van der Waals surface area contributed by atoms with E-state index in [-0.39, 0.29) is 21.5 Å². The van der Waals surface area contributed by atoms with Gasteiger partial charge in [0.25, 0.3) is 0 Å². The molecule has 0 fully saturated rings. The molecule has 4 nitrogen and oxygen atoms in total. The number of nitrogens with zero attached hydrogens (tertiary/aromatic N) is 1. The molecule has 0 spiro atoms. The van der Waals surface area contributed by atoms with Gasteiger partial charge in [-0.15, -0.1) is 0 Å². The Balaban J connectivity index is 2.95. The highest BCUT2D eigenvalue weighted by Gasteiger charge is 2.18. The Morgan fingerprint density at radius 3 is 2.56 bits per heavy atom. The van der Waals surface area contributed by atoms with Crippen LogP contribution in [0.1, 0.15) is 6.42 Å². The van der Waals surface area contributed by atoms with Crippen LogP contribution in [0.5, 0.6) is 5.75 Å². The number of ether oxygens (including phenoxy) is 1. The third-order valence-corrected chi connectivity index (χ3v) is 2.80. The van der Waals surface area contributed by atoms with E-state index >= 15 is 0 Å². The van der Waals surface area contributed by atoms with Crippen molar-refractivity contribution in [2.24, 2.45) is 0 Å². The second-order valence-corrected chi connectivity index (χ2v) is 4.18. The van der Waals surface area contributed by atoms with Crippen molar-refractivity contribution in [2.75, 3.05) is 12.4 Å². The predicted molar refractivity (Wildman–Crippen MR) is 67.1 cm³/mol. The fourth-order valence-electron chi connectivity index (χ4n) is 1.02. The molecule has 1 rings (SSSR count). The van der Waals surface area contributed by atoms with Gasteiger partial charge in [0, 0.05) is 12.1 Å². The molecular formula is C9H9Cl2NO3S. The summed E-state index contributed by atoms with van der Waals surface area (Å²) in [6, 6.07) is 2.53. The van der Waals surface area contributed by atoms with Gasteiger partial charge in [-0.1, -0.05) is 23.2 Å². The van der Waals surface area contributed by atoms with Crippen LogP contribution in [0.2, 0.25) is 10.0 Å². The molecule has 1 aromatic rings. The third kappa shape index (κ3) is 3.43. The molecule has 88 valence electrons. The smallest absolute Gasteiger partial charge is 0.312 e. The lowest BCUT2D eigenvalue weighted by Gasteiger charge is -2.07. The Kier molecular flexibility index (Phi) is 5.18. The van der Waals surface area contributed by atoms with Crippen LogP contribution in [-0.4, -0.2) is 17.3 Å². The maximum atomic E-state index is 10.7. The molecule has 0 aromatic heterocycles. The van der Waals surface area contributed by atoms with Gasteiger partial charge >= 0.3 is 5.69 Å². The third-order valence-electron chi connectivity index (χ3n) is 1.76. The minimum Gasteiger partial charge on any atom is -0.487 e. The zero-order valence-corrected chi connectivity index (χ0v) is 10.6. The summed E-state index contributed by atoms with van der Waals surface area (Å²) in [7, 11) is 0. The second kappa shape index (κ2) is 6.18. The summed E-state index contributed by atoms with van der Waals surface area (Å²) >= 11 is 15.4. The fraction of sp³-hybridized carbons (Fsp3) is 0.333. The van der Waals surface area contributed by atoms with E-state index in [9.17, 15) is 10.1 Å². The zero-order chi connectivity index (χ0) is 12.1. The van der Waals surface area contributed by atoms with E-state index in [1.807, 2.05) is 0 Å². The monoisotopic (exact) mass is 281 g/mol. The van der Waals surface area contributed by atoms with Gasteiger partial charge in [0.2, 0.25) is 0 Å². The SMILES string of the molecule is O=[N+]([O-])c1cc(Cl)c(Cl)cc1OCCCS. The highest BCUT2D eigenvalue weighted by molar-refractivity contribution is 7.80. The number of hydrogen-bond acceptors (Lipinski definition) is 4. The fourth-order valence-corrected chi connectivity index (χ4v) is 1.46. The van der Waals surface area contributed by atoms with Crippen LogP contribution >= 0.6 is 35.8 Å². The maximum Gasteiger partial charge on any atom is 0.312 e. The Morgan fingerprint density at radius 1 is 1.38 bits per heavy atom. The number of rotatable bonds is 5. The minimum absolute atomic E-state index is 0.126. The number of nitro groups is 1. The van der Waals surface area contributed by atoms with Gasteiger partial charge in [0.05, 0.1) is 21.6 Å². The molecule has 1 aromatic carbocycles. The molecule has 0 bridgehead atoms. The molecule has 0 radical (unpaired) electrons. The van der Waals surface area contributed by atoms with Crippen LogP contribution in [0.15, 0.2) is 12.1 Å². The van der Waals surface area contributed by atoms with Crippen molar-refractivity contribution in [2.45, 2.75) is 6.42 Å². The molecule has 0 atom stereocenters. The average molecular weight is 282 g/mol. The van der Waals surface area contributed by atoms with Gasteiger partial charge < -0.3 is 4.74 Å². The standard InChI is InChI=1S/C9H9Cl2NO3S/c10-6-4-8(12(13)14)9(5-7(6)11)15-2-1-3-16/h4-5,16H,1-3H2. The van der Waals surface area contributed by atoms with Crippen LogP contribution in [0, 0.1) is 10.1 Å². The van der Waals surface area contributed by atoms with E-state index < -0.39 is 4.92 Å². The summed E-state index contributed by atoms with van der Waals surface area (Å²) in [4.78, 5) is 10.2. The van der Waals surface area contributed by atoms with Gasteiger partial charge in [-0.25, -0.2) is 0 Å². The maximum absolute atomic E-state index is 10.7. The zero-order valence-electron chi connectivity index (χ0n) is 8.15. The van der Waals surface area contributed by atoms with E-state index in [1.54, 1.807) is 0 Å². The average Bonchev–Trinajstić information content (AvgIpc) is 2.23. The number of halogens is 2. The van der Waals surface area contributed by atoms with E-state index in [2.05, 4.69) is 12.6 Å². The molecule has 0 heterocycles. The van der Waals surface area contributed by atoms with E-state index in [0.29, 0.717) is 18.8 Å². The topological polar surface area (TPSA) is 52.4 Å². The molecule has 0 unspecified atom stereocenters. The highest BCUT2D eigenvalue weighted by atomic mass is 35.5. The number of thiol groups is 1. The van der Waals surface area contributed by atoms with Gasteiger partial charge in [-0.05, 0) is 12.2 Å². The Bertz CT molecular complexity index is 401. The molecule has 7 heteroatoms. The van der Waals surface area contributed by atoms with Crippen molar-refractivity contribution in [1.82, 2.24) is 0 Å². The summed E-state index contributed by atoms with van der Waals surface area (Å²) in [5.74, 6) is 0.774. The first-order valence-electron chi connectivity index (χ1n) is 4.43. The van der Waals surface area contributed by atoms with Crippen molar-refractivity contribution < 1.29 is 9.66 Å². The van der Waals surface area contributed by atoms with Gasteiger partial charge in [-0.2, -0.15) is 12.6 Å². The van der Waals surface area contributed by atoms with Gasteiger partial charge in [0.15, 0.2) is 5.75 Å². The lowest BCUT2D eigenvalue weighted by molar-refractivity contribution is -0.385. The number of nitro benzene ring substituents is 1. The lowest BCUT2D eigenvalue weighted by atomic mass is 10.3. The van der Waals surface area contributed by atoms with Crippen molar-refractivity contribution in [3.63, 3.8) is 0 Å². The Morgan fingerprint density at radius 2 is 2.00 bits per heavy atom. The quantitative estimate of drug-likeness (QED) is 0.388. The molecule has 16 heavy (non-hydrogen) atoms. The number of hydrogen-bond donors (Lipinski definition) is 1. The summed E-state index contributed by atoms with van der Waals surface area (Å²) in [6.07, 6.45) is 0.695. The summed E-state index contributed by atoms with van der Waals surface area (Å²) < 4.78 is 5.24. The number of benzene rings is 1. The predicted octanol–water partition coefficient (Wildman–Crippen LogP) is 3.60. The van der Waals surface area contributed by atoms with Crippen LogP contribution in [-0.2, 0) is 0 Å². The van der Waals surface area contributed by atoms with Crippen molar-refractivity contribution in [3.05, 3.63) is 32.3 Å². The first-order valence-corrected chi connectivity index (χ1v) is 5.82. The molecule has 0 aliphatic heterocycles. The Labute approximate surface area is 108 Å². The molecule has 0 aliphatic rings. The van der Waals surface area contributed by atoms with E-state index in [1.165, 1.54) is 12.1 Å². The first-order chi connectivity index (χ1) is 7.56. The lowest BCUT2D eigenvalue weighted by Crippen LogP contribution is -2.01. The van der Waals surface area contributed by atoms with Crippen LogP contribution < -0.4 is 4.74 Å². The van der Waals surface area contributed by atoms with Crippen LogP contribution in [0.3, 0.4) is 0 Å². The molecular weight excluding hydrogens is 273 g/mol. The van der Waals surface area contributed by atoms with Gasteiger partial charge in [0.1, 0.15) is 0 Å². The molecule has 0 saturated carbocycles. The molecule has 0 amide bonds. The normalized spacial score (nSPS) is 10.2. The molecule has 0 N–H and O–H groups in total. The van der Waals surface area contributed by atoms with Crippen molar-refractivity contribution >= 4 is 41.5 Å². The second-order valence-electron chi connectivity index (χ2n) is 2.92. The summed E-state index contributed by atoms with van der Waals surface area (Å²) in [5.41, 5.74) is -0.187. The van der Waals surface area contributed by atoms with Crippen molar-refractivity contribution in [1.29, 1.82) is 0 Å². The molecule has 0 saturated heterocycles. The van der Waals surface area contributed by atoms with Gasteiger partial charge in [-0.3, -0.25) is 10.1 Å². The van der Waals surface area contributed by atoms with Crippen molar-refractivity contribution in [3.8, 4) is 5.75 Å².